The third-order valence-electron chi connectivity index (χ3n) is 4.57. The summed E-state index contributed by atoms with van der Waals surface area (Å²) in [7, 11) is 4.45. The summed E-state index contributed by atoms with van der Waals surface area (Å²) in [5, 5.41) is 3.68. The largest absolute Gasteiger partial charge is 0.496 e. The normalized spacial score (nSPS) is 24.8. The molecule has 0 saturated heterocycles. The molecular formula is C15H28N2O. The van der Waals surface area contributed by atoms with Gasteiger partial charge >= 0.3 is 0 Å². The van der Waals surface area contributed by atoms with E-state index in [2.05, 4.69) is 37.3 Å². The molecule has 0 aromatic heterocycles. The van der Waals surface area contributed by atoms with Crippen LogP contribution in [0.4, 0.5) is 0 Å². The Morgan fingerprint density at radius 1 is 1.33 bits per heavy atom. The fourth-order valence-corrected chi connectivity index (χ4v) is 3.56. The van der Waals surface area contributed by atoms with Gasteiger partial charge in [-0.1, -0.05) is 26.2 Å². The van der Waals surface area contributed by atoms with E-state index in [-0.39, 0.29) is 5.54 Å². The molecule has 1 aliphatic heterocycles. The van der Waals surface area contributed by atoms with Crippen molar-refractivity contribution in [1.29, 1.82) is 0 Å². The van der Waals surface area contributed by atoms with Crippen molar-refractivity contribution in [3.8, 4) is 0 Å². The molecule has 0 amide bonds. The lowest BCUT2D eigenvalue weighted by Gasteiger charge is -2.48. The second-order valence-electron chi connectivity index (χ2n) is 5.79. The molecule has 3 heteroatoms. The minimum absolute atomic E-state index is 0.241. The Morgan fingerprint density at radius 2 is 2.06 bits per heavy atom. The summed E-state index contributed by atoms with van der Waals surface area (Å²) in [6, 6.07) is 0.361. The molecule has 1 heterocycles. The lowest BCUT2D eigenvalue weighted by Crippen LogP contribution is -2.60. The summed E-state index contributed by atoms with van der Waals surface area (Å²) >= 11 is 0. The van der Waals surface area contributed by atoms with Crippen molar-refractivity contribution in [2.24, 2.45) is 0 Å². The highest BCUT2D eigenvalue weighted by Crippen LogP contribution is 2.38. The molecule has 1 unspecified atom stereocenters. The number of hydrogen-bond donors (Lipinski definition) is 1. The van der Waals surface area contributed by atoms with Crippen LogP contribution in [0.15, 0.2) is 11.8 Å². The maximum absolute atomic E-state index is 5.87. The van der Waals surface area contributed by atoms with Gasteiger partial charge in [-0.25, -0.2) is 0 Å². The number of ether oxygens (including phenoxy) is 1. The van der Waals surface area contributed by atoms with E-state index in [9.17, 15) is 0 Å². The molecule has 1 atom stereocenters. The van der Waals surface area contributed by atoms with Crippen LogP contribution in [-0.4, -0.2) is 43.7 Å². The molecule has 0 aromatic rings. The summed E-state index contributed by atoms with van der Waals surface area (Å²) in [5.41, 5.74) is 0.241. The highest BCUT2D eigenvalue weighted by Gasteiger charge is 2.44. The number of hydrogen-bond acceptors (Lipinski definition) is 3. The van der Waals surface area contributed by atoms with Crippen LogP contribution in [0, 0.1) is 0 Å². The number of nitrogens with zero attached hydrogens (tertiary/aromatic N) is 1. The van der Waals surface area contributed by atoms with E-state index in [1.165, 1.54) is 37.9 Å². The fraction of sp³-hybridized carbons (Fsp3) is 0.867. The van der Waals surface area contributed by atoms with Crippen LogP contribution in [0.25, 0.3) is 0 Å². The van der Waals surface area contributed by atoms with Crippen molar-refractivity contribution in [3.63, 3.8) is 0 Å². The van der Waals surface area contributed by atoms with E-state index < -0.39 is 0 Å². The van der Waals surface area contributed by atoms with E-state index in [0.29, 0.717) is 6.04 Å². The van der Waals surface area contributed by atoms with Crippen LogP contribution in [0.2, 0.25) is 0 Å². The quantitative estimate of drug-likeness (QED) is 0.814. The Balaban J connectivity index is 2.24. The third kappa shape index (κ3) is 2.57. The summed E-state index contributed by atoms with van der Waals surface area (Å²) < 4.78 is 5.87. The molecule has 1 saturated carbocycles. The first kappa shape index (κ1) is 13.9. The van der Waals surface area contributed by atoms with Gasteiger partial charge in [-0.3, -0.25) is 0 Å². The minimum atomic E-state index is 0.241. The molecular weight excluding hydrogens is 224 g/mol. The Kier molecular flexibility index (Phi) is 4.68. The first-order chi connectivity index (χ1) is 8.70. The van der Waals surface area contributed by atoms with Gasteiger partial charge < -0.3 is 15.0 Å². The highest BCUT2D eigenvalue weighted by atomic mass is 16.5. The summed E-state index contributed by atoms with van der Waals surface area (Å²) in [5.74, 6) is 1.19. The van der Waals surface area contributed by atoms with Crippen LogP contribution < -0.4 is 5.32 Å². The van der Waals surface area contributed by atoms with E-state index in [1.54, 1.807) is 0 Å². The van der Waals surface area contributed by atoms with Crippen molar-refractivity contribution in [2.75, 3.05) is 27.2 Å². The van der Waals surface area contributed by atoms with Gasteiger partial charge in [0, 0.05) is 12.0 Å². The predicted octanol–water partition coefficient (Wildman–Crippen LogP) is 2.53. The van der Waals surface area contributed by atoms with Crippen molar-refractivity contribution < 1.29 is 4.74 Å². The van der Waals surface area contributed by atoms with Crippen LogP contribution in [0.5, 0.6) is 0 Å². The Bertz CT molecular complexity index is 293. The van der Waals surface area contributed by atoms with Crippen LogP contribution in [0.1, 0.15) is 45.4 Å². The summed E-state index contributed by atoms with van der Waals surface area (Å²) in [4.78, 5) is 2.43. The maximum Gasteiger partial charge on any atom is 0.111 e. The van der Waals surface area contributed by atoms with Gasteiger partial charge in [0.15, 0.2) is 0 Å². The Morgan fingerprint density at radius 3 is 2.56 bits per heavy atom. The maximum atomic E-state index is 5.87. The van der Waals surface area contributed by atoms with Gasteiger partial charge in [0.25, 0.3) is 0 Å². The predicted molar refractivity (Wildman–Crippen MR) is 75.6 cm³/mol. The molecule has 1 N–H and O–H groups in total. The molecule has 3 nitrogen and oxygen atoms in total. The van der Waals surface area contributed by atoms with E-state index in [0.717, 1.165) is 19.6 Å². The van der Waals surface area contributed by atoms with Gasteiger partial charge in [0.1, 0.15) is 5.76 Å². The number of nitrogens with one attached hydrogen (secondary N) is 1. The van der Waals surface area contributed by atoms with Gasteiger partial charge in [-0.05, 0) is 39.6 Å². The minimum Gasteiger partial charge on any atom is -0.496 e. The van der Waals surface area contributed by atoms with Crippen molar-refractivity contribution in [3.05, 3.63) is 11.8 Å². The molecule has 0 radical (unpaired) electrons. The zero-order valence-corrected chi connectivity index (χ0v) is 12.2. The first-order valence-corrected chi connectivity index (χ1v) is 7.44. The van der Waals surface area contributed by atoms with Gasteiger partial charge in [0.2, 0.25) is 0 Å². The monoisotopic (exact) mass is 252 g/mol. The van der Waals surface area contributed by atoms with Gasteiger partial charge in [-0.15, -0.1) is 0 Å². The van der Waals surface area contributed by atoms with Crippen molar-refractivity contribution in [2.45, 2.75) is 57.0 Å². The van der Waals surface area contributed by atoms with Gasteiger partial charge in [0.05, 0.1) is 12.6 Å². The summed E-state index contributed by atoms with van der Waals surface area (Å²) in [6.45, 7) is 4.05. The molecule has 1 aliphatic carbocycles. The Labute approximate surface area is 112 Å². The molecule has 0 spiro atoms. The van der Waals surface area contributed by atoms with E-state index >= 15 is 0 Å². The zero-order chi connectivity index (χ0) is 13.0. The SMILES string of the molecule is CCNC(C1=CCCO1)C1(N(C)C)CCCCC1. The second-order valence-corrected chi connectivity index (χ2v) is 5.79. The molecule has 2 aliphatic rings. The van der Waals surface area contributed by atoms with Crippen molar-refractivity contribution in [1.82, 2.24) is 10.2 Å². The molecule has 2 rings (SSSR count). The highest BCUT2D eigenvalue weighted by molar-refractivity contribution is 5.17. The molecule has 18 heavy (non-hydrogen) atoms. The topological polar surface area (TPSA) is 24.5 Å². The smallest absolute Gasteiger partial charge is 0.111 e. The summed E-state index contributed by atoms with van der Waals surface area (Å²) in [6.07, 6.45) is 9.97. The standard InChI is InChI=1S/C15H28N2O/c1-4-16-14(13-9-8-12-18-13)15(17(2)3)10-6-5-7-11-15/h9,14,16H,4-8,10-12H2,1-3H3. The Hall–Kier alpha value is -0.540. The first-order valence-electron chi connectivity index (χ1n) is 7.44. The van der Waals surface area contributed by atoms with Gasteiger partial charge in [-0.2, -0.15) is 0 Å². The lowest BCUT2D eigenvalue weighted by molar-refractivity contribution is 0.0469. The molecule has 1 fully saturated rings. The van der Waals surface area contributed by atoms with Crippen LogP contribution in [0.3, 0.4) is 0 Å². The van der Waals surface area contributed by atoms with Crippen molar-refractivity contribution >= 4 is 0 Å². The van der Waals surface area contributed by atoms with E-state index in [1.807, 2.05) is 0 Å². The zero-order valence-electron chi connectivity index (χ0n) is 12.2. The number of rotatable bonds is 5. The molecule has 0 bridgehead atoms. The lowest BCUT2D eigenvalue weighted by atomic mass is 9.74. The second kappa shape index (κ2) is 6.07. The molecule has 104 valence electrons. The van der Waals surface area contributed by atoms with Crippen LogP contribution >= 0.6 is 0 Å². The van der Waals surface area contributed by atoms with E-state index in [4.69, 9.17) is 4.74 Å². The fourth-order valence-electron chi connectivity index (χ4n) is 3.56. The number of likely N-dealkylation sites (N-methyl/N-ethyl adjacent to an activating group) is 2. The third-order valence-corrected chi connectivity index (χ3v) is 4.57. The average Bonchev–Trinajstić information content (AvgIpc) is 2.90. The molecule has 0 aromatic carbocycles. The van der Waals surface area contributed by atoms with Crippen LogP contribution in [-0.2, 0) is 4.74 Å². The average molecular weight is 252 g/mol.